The minimum Gasteiger partial charge on any atom is -0.497 e. The van der Waals surface area contributed by atoms with Crippen LogP contribution in [0.4, 0.5) is 13.2 Å². The monoisotopic (exact) mass is 553 g/mol. The lowest BCUT2D eigenvalue weighted by molar-refractivity contribution is 0.0115. The highest BCUT2D eigenvalue weighted by molar-refractivity contribution is 6.02. The molecule has 0 aliphatic carbocycles. The second-order valence-corrected chi connectivity index (χ2v) is 10.6. The van der Waals surface area contributed by atoms with Crippen molar-refractivity contribution in [2.75, 3.05) is 20.2 Å². The van der Waals surface area contributed by atoms with Crippen molar-refractivity contribution in [1.29, 1.82) is 0 Å². The number of nitrogens with one attached hydrogen (secondary N) is 2. The number of methoxy groups -OCH3 is 1. The SMILES string of the molecule is COc1cc(F)cc(-c2cccc3[nH]c(-c4n[nH]c5ccc(-c6cncc(CN7CCC(F)(F)C7)c6)cc45)cc23)c1. The van der Waals surface area contributed by atoms with E-state index < -0.39 is 5.92 Å². The highest BCUT2D eigenvalue weighted by Crippen LogP contribution is 2.36. The third-order valence-corrected chi connectivity index (χ3v) is 7.68. The molecule has 3 aromatic carbocycles. The highest BCUT2D eigenvalue weighted by Gasteiger charge is 2.37. The smallest absolute Gasteiger partial charge is 0.261 e. The van der Waals surface area contributed by atoms with Gasteiger partial charge in [-0.25, -0.2) is 13.2 Å². The van der Waals surface area contributed by atoms with Gasteiger partial charge in [-0.05, 0) is 64.7 Å². The van der Waals surface area contributed by atoms with Gasteiger partial charge in [-0.3, -0.25) is 15.0 Å². The fraction of sp³-hybridized carbons (Fsp3) is 0.188. The van der Waals surface area contributed by atoms with E-state index in [0.29, 0.717) is 18.8 Å². The van der Waals surface area contributed by atoms with E-state index in [9.17, 15) is 13.2 Å². The second-order valence-electron chi connectivity index (χ2n) is 10.6. The Bertz CT molecular complexity index is 1910. The number of aromatic nitrogens is 4. The van der Waals surface area contributed by atoms with Crippen molar-refractivity contribution in [2.24, 2.45) is 0 Å². The van der Waals surface area contributed by atoms with Crippen molar-refractivity contribution in [2.45, 2.75) is 18.9 Å². The van der Waals surface area contributed by atoms with Gasteiger partial charge in [-0.2, -0.15) is 5.10 Å². The average molecular weight is 554 g/mol. The van der Waals surface area contributed by atoms with Gasteiger partial charge < -0.3 is 9.72 Å². The van der Waals surface area contributed by atoms with Crippen LogP contribution in [0.5, 0.6) is 5.75 Å². The number of alkyl halides is 2. The summed E-state index contributed by atoms with van der Waals surface area (Å²) >= 11 is 0. The first-order valence-electron chi connectivity index (χ1n) is 13.3. The van der Waals surface area contributed by atoms with E-state index in [1.54, 1.807) is 17.3 Å². The van der Waals surface area contributed by atoms with Gasteiger partial charge >= 0.3 is 0 Å². The number of H-pyrrole nitrogens is 2. The van der Waals surface area contributed by atoms with Crippen LogP contribution in [0.25, 0.3) is 55.4 Å². The maximum atomic E-state index is 14.3. The van der Waals surface area contributed by atoms with Crippen molar-refractivity contribution < 1.29 is 17.9 Å². The van der Waals surface area contributed by atoms with Gasteiger partial charge in [0.05, 0.1) is 24.9 Å². The molecular formula is C32H26F3N5O. The molecule has 4 heterocycles. The van der Waals surface area contributed by atoms with E-state index in [-0.39, 0.29) is 18.8 Å². The zero-order chi connectivity index (χ0) is 28.1. The summed E-state index contributed by atoms with van der Waals surface area (Å²) in [5, 5.41) is 9.59. The van der Waals surface area contributed by atoms with Crippen LogP contribution in [0.3, 0.4) is 0 Å². The van der Waals surface area contributed by atoms with Crippen LogP contribution in [0.2, 0.25) is 0 Å². The molecule has 1 aliphatic heterocycles. The van der Waals surface area contributed by atoms with E-state index in [4.69, 9.17) is 4.74 Å². The van der Waals surface area contributed by atoms with Crippen molar-refractivity contribution in [3.05, 3.63) is 90.5 Å². The molecule has 1 fully saturated rings. The number of likely N-dealkylation sites (tertiary alicyclic amines) is 1. The average Bonchev–Trinajstić information content (AvgIpc) is 3.68. The number of aromatic amines is 2. The Morgan fingerprint density at radius 2 is 1.83 bits per heavy atom. The molecule has 0 amide bonds. The molecule has 2 N–H and O–H groups in total. The summed E-state index contributed by atoms with van der Waals surface area (Å²) in [5.74, 6) is -2.54. The van der Waals surface area contributed by atoms with Crippen molar-refractivity contribution in [1.82, 2.24) is 25.1 Å². The first-order chi connectivity index (χ1) is 19.8. The van der Waals surface area contributed by atoms with Crippen LogP contribution < -0.4 is 4.74 Å². The zero-order valence-electron chi connectivity index (χ0n) is 22.2. The number of ether oxygens (including phenoxy) is 1. The van der Waals surface area contributed by atoms with E-state index in [1.807, 2.05) is 48.5 Å². The lowest BCUT2D eigenvalue weighted by atomic mass is 10.0. The normalized spacial score (nSPS) is 15.2. The number of fused-ring (bicyclic) bond motifs is 2. The van der Waals surface area contributed by atoms with E-state index >= 15 is 0 Å². The number of hydrogen-bond acceptors (Lipinski definition) is 4. The Hall–Kier alpha value is -4.63. The third kappa shape index (κ3) is 4.82. The summed E-state index contributed by atoms with van der Waals surface area (Å²) < 4.78 is 46.9. The molecule has 41 heavy (non-hydrogen) atoms. The number of nitrogens with zero attached hydrogens (tertiary/aromatic N) is 3. The fourth-order valence-corrected chi connectivity index (χ4v) is 5.70. The molecule has 206 valence electrons. The molecule has 0 bridgehead atoms. The fourth-order valence-electron chi connectivity index (χ4n) is 5.70. The lowest BCUT2D eigenvalue weighted by Gasteiger charge is -2.15. The summed E-state index contributed by atoms with van der Waals surface area (Å²) in [6.45, 7) is 0.589. The number of hydrogen-bond donors (Lipinski definition) is 2. The molecule has 0 atom stereocenters. The molecule has 0 radical (unpaired) electrons. The molecular weight excluding hydrogens is 527 g/mol. The highest BCUT2D eigenvalue weighted by atomic mass is 19.3. The molecule has 0 spiro atoms. The van der Waals surface area contributed by atoms with Crippen LogP contribution in [0, 0.1) is 5.82 Å². The number of benzene rings is 3. The Labute approximate surface area is 233 Å². The summed E-state index contributed by atoms with van der Waals surface area (Å²) in [5.41, 5.74) is 7.69. The number of pyridine rings is 1. The topological polar surface area (TPSA) is 69.8 Å². The predicted molar refractivity (Wildman–Crippen MR) is 153 cm³/mol. The maximum Gasteiger partial charge on any atom is 0.261 e. The van der Waals surface area contributed by atoms with Gasteiger partial charge in [0, 0.05) is 59.8 Å². The third-order valence-electron chi connectivity index (χ3n) is 7.68. The maximum absolute atomic E-state index is 14.3. The molecule has 3 aromatic heterocycles. The Morgan fingerprint density at radius 1 is 0.927 bits per heavy atom. The molecule has 0 saturated carbocycles. The first-order valence-corrected chi connectivity index (χ1v) is 13.3. The Morgan fingerprint density at radius 3 is 2.66 bits per heavy atom. The summed E-state index contributed by atoms with van der Waals surface area (Å²) in [4.78, 5) is 9.63. The molecule has 9 heteroatoms. The molecule has 6 nitrogen and oxygen atoms in total. The molecule has 1 aliphatic rings. The Balaban J connectivity index is 1.25. The zero-order valence-corrected chi connectivity index (χ0v) is 22.2. The van der Waals surface area contributed by atoms with Gasteiger partial charge in [-0.1, -0.05) is 18.2 Å². The van der Waals surface area contributed by atoms with Gasteiger partial charge in [0.15, 0.2) is 0 Å². The first kappa shape index (κ1) is 25.3. The van der Waals surface area contributed by atoms with Crippen molar-refractivity contribution in [3.63, 3.8) is 0 Å². The van der Waals surface area contributed by atoms with Gasteiger partial charge in [0.2, 0.25) is 0 Å². The molecule has 1 saturated heterocycles. The summed E-state index contributed by atoms with van der Waals surface area (Å²) in [7, 11) is 1.52. The standard InChI is InChI=1S/C32H26F3N5O/c1-41-24-11-21(10-23(33)13-24)25-3-2-4-28-26(25)14-30(37-28)31-27-12-20(5-6-29(27)38-39-31)22-9-19(15-36-16-22)17-40-8-7-32(34,35)18-40/h2-6,9-16,37H,7-8,17-18H2,1H3,(H,38,39). The molecule has 6 aromatic rings. The van der Waals surface area contributed by atoms with Gasteiger partial charge in [0.1, 0.15) is 17.3 Å². The van der Waals surface area contributed by atoms with Crippen LogP contribution in [-0.4, -0.2) is 51.2 Å². The lowest BCUT2D eigenvalue weighted by Crippen LogP contribution is -2.24. The van der Waals surface area contributed by atoms with Crippen LogP contribution in [0.15, 0.2) is 79.1 Å². The van der Waals surface area contributed by atoms with E-state index in [1.165, 1.54) is 19.2 Å². The number of halogens is 3. The largest absolute Gasteiger partial charge is 0.497 e. The second kappa shape index (κ2) is 9.78. The van der Waals surface area contributed by atoms with Gasteiger partial charge in [0.25, 0.3) is 5.92 Å². The van der Waals surface area contributed by atoms with Crippen molar-refractivity contribution in [3.8, 4) is 39.4 Å². The predicted octanol–water partition coefficient (Wildman–Crippen LogP) is 7.43. The minimum absolute atomic E-state index is 0.105. The van der Waals surface area contributed by atoms with Crippen LogP contribution in [-0.2, 0) is 6.54 Å². The van der Waals surface area contributed by atoms with E-state index in [0.717, 1.165) is 61.0 Å². The summed E-state index contributed by atoms with van der Waals surface area (Å²) in [6.07, 6.45) is 3.41. The summed E-state index contributed by atoms with van der Waals surface area (Å²) in [6, 6.07) is 20.6. The van der Waals surface area contributed by atoms with Crippen molar-refractivity contribution >= 4 is 21.8 Å². The quantitative estimate of drug-likeness (QED) is 0.225. The van der Waals surface area contributed by atoms with Gasteiger partial charge in [-0.15, -0.1) is 0 Å². The molecule has 7 rings (SSSR count). The molecule has 0 unspecified atom stereocenters. The van der Waals surface area contributed by atoms with E-state index in [2.05, 4.69) is 26.2 Å². The Kier molecular flexibility index (Phi) is 6.04. The van der Waals surface area contributed by atoms with Crippen LogP contribution in [0.1, 0.15) is 12.0 Å². The number of rotatable bonds is 6. The minimum atomic E-state index is -2.62. The van der Waals surface area contributed by atoms with Crippen LogP contribution >= 0.6 is 0 Å².